The standard InChI is InChI=1S/C15H22N2O2/c1-2-19-13(11-16)8-10-17-9-7-12-5-3-4-6-14(12)15(17)18/h3-6,13H,2,7-11,16H2,1H3. The molecule has 4 nitrogen and oxygen atoms in total. The molecule has 0 radical (unpaired) electrons. The minimum Gasteiger partial charge on any atom is -0.377 e. The molecule has 0 aliphatic carbocycles. The second-order valence-electron chi connectivity index (χ2n) is 4.80. The zero-order valence-electron chi connectivity index (χ0n) is 11.5. The van der Waals surface area contributed by atoms with Crippen LogP contribution in [0.25, 0.3) is 0 Å². The molecule has 0 saturated heterocycles. The molecule has 0 fully saturated rings. The van der Waals surface area contributed by atoms with Gasteiger partial charge in [0.15, 0.2) is 0 Å². The fraction of sp³-hybridized carbons (Fsp3) is 0.533. The number of fused-ring (bicyclic) bond motifs is 1. The van der Waals surface area contributed by atoms with Gasteiger partial charge in [0, 0.05) is 31.8 Å². The average Bonchev–Trinajstić information content (AvgIpc) is 2.45. The second-order valence-corrected chi connectivity index (χ2v) is 4.80. The largest absolute Gasteiger partial charge is 0.377 e. The van der Waals surface area contributed by atoms with Crippen LogP contribution in [0, 0.1) is 0 Å². The van der Waals surface area contributed by atoms with Crippen LogP contribution >= 0.6 is 0 Å². The van der Waals surface area contributed by atoms with E-state index in [-0.39, 0.29) is 12.0 Å². The summed E-state index contributed by atoms with van der Waals surface area (Å²) in [5.74, 6) is 0.133. The van der Waals surface area contributed by atoms with Gasteiger partial charge in [-0.05, 0) is 31.4 Å². The quantitative estimate of drug-likeness (QED) is 0.844. The molecule has 0 bridgehead atoms. The van der Waals surface area contributed by atoms with Crippen molar-refractivity contribution in [2.45, 2.75) is 25.9 Å². The lowest BCUT2D eigenvalue weighted by Gasteiger charge is -2.29. The Hall–Kier alpha value is -1.39. The Kier molecular flexibility index (Phi) is 4.93. The number of benzene rings is 1. The van der Waals surface area contributed by atoms with Gasteiger partial charge < -0.3 is 15.4 Å². The molecule has 0 spiro atoms. The molecular weight excluding hydrogens is 240 g/mol. The van der Waals surface area contributed by atoms with Crippen molar-refractivity contribution >= 4 is 5.91 Å². The second kappa shape index (κ2) is 6.68. The smallest absolute Gasteiger partial charge is 0.254 e. The number of ether oxygens (including phenoxy) is 1. The molecule has 4 heteroatoms. The summed E-state index contributed by atoms with van der Waals surface area (Å²) < 4.78 is 5.52. The molecule has 19 heavy (non-hydrogen) atoms. The first-order valence-electron chi connectivity index (χ1n) is 6.95. The molecule has 1 aliphatic heterocycles. The van der Waals surface area contributed by atoms with E-state index in [1.54, 1.807) is 0 Å². The maximum Gasteiger partial charge on any atom is 0.254 e. The van der Waals surface area contributed by atoms with Gasteiger partial charge in [-0.25, -0.2) is 0 Å². The van der Waals surface area contributed by atoms with Crippen molar-refractivity contribution in [1.82, 2.24) is 4.90 Å². The fourth-order valence-electron chi connectivity index (χ4n) is 2.49. The number of rotatable bonds is 6. The summed E-state index contributed by atoms with van der Waals surface area (Å²) in [6, 6.07) is 7.85. The van der Waals surface area contributed by atoms with E-state index in [0.717, 1.165) is 37.1 Å². The van der Waals surface area contributed by atoms with Crippen LogP contribution in [0.5, 0.6) is 0 Å². The van der Waals surface area contributed by atoms with Crippen molar-refractivity contribution in [3.8, 4) is 0 Å². The third-order valence-electron chi connectivity index (χ3n) is 3.57. The summed E-state index contributed by atoms with van der Waals surface area (Å²) in [5.41, 5.74) is 7.66. The van der Waals surface area contributed by atoms with Crippen LogP contribution in [0.2, 0.25) is 0 Å². The van der Waals surface area contributed by atoms with Gasteiger partial charge in [0.25, 0.3) is 5.91 Å². The van der Waals surface area contributed by atoms with Gasteiger partial charge in [-0.3, -0.25) is 4.79 Å². The van der Waals surface area contributed by atoms with E-state index in [1.165, 1.54) is 0 Å². The first kappa shape index (κ1) is 14.0. The lowest BCUT2D eigenvalue weighted by atomic mass is 9.99. The van der Waals surface area contributed by atoms with Gasteiger partial charge in [0.2, 0.25) is 0 Å². The van der Waals surface area contributed by atoms with Crippen LogP contribution in [0.1, 0.15) is 29.3 Å². The Labute approximate surface area is 114 Å². The van der Waals surface area contributed by atoms with E-state index >= 15 is 0 Å². The van der Waals surface area contributed by atoms with E-state index in [1.807, 2.05) is 36.1 Å². The summed E-state index contributed by atoms with van der Waals surface area (Å²) in [7, 11) is 0. The number of nitrogens with two attached hydrogens (primary N) is 1. The molecule has 1 amide bonds. The lowest BCUT2D eigenvalue weighted by molar-refractivity contribution is 0.0488. The van der Waals surface area contributed by atoms with Crippen LogP contribution in [-0.4, -0.2) is 43.2 Å². The van der Waals surface area contributed by atoms with E-state index < -0.39 is 0 Å². The predicted molar refractivity (Wildman–Crippen MR) is 75.1 cm³/mol. The zero-order valence-corrected chi connectivity index (χ0v) is 11.5. The minimum atomic E-state index is 0.0509. The van der Waals surface area contributed by atoms with Crippen LogP contribution < -0.4 is 5.73 Å². The van der Waals surface area contributed by atoms with Gasteiger partial charge in [-0.15, -0.1) is 0 Å². The number of amides is 1. The molecule has 1 aromatic carbocycles. The fourth-order valence-corrected chi connectivity index (χ4v) is 2.49. The summed E-state index contributed by atoms with van der Waals surface area (Å²) in [6.45, 7) is 4.64. The Morgan fingerprint density at radius 3 is 2.95 bits per heavy atom. The van der Waals surface area contributed by atoms with Crippen LogP contribution in [0.15, 0.2) is 24.3 Å². The molecule has 1 atom stereocenters. The Morgan fingerprint density at radius 1 is 1.42 bits per heavy atom. The Bertz CT molecular complexity index is 434. The molecule has 0 aromatic heterocycles. The predicted octanol–water partition coefficient (Wildman–Crippen LogP) is 1.44. The van der Waals surface area contributed by atoms with Crippen molar-refractivity contribution in [2.24, 2.45) is 5.73 Å². The third kappa shape index (κ3) is 3.33. The Balaban J connectivity index is 1.95. The number of hydrogen-bond acceptors (Lipinski definition) is 3. The Morgan fingerprint density at radius 2 is 2.21 bits per heavy atom. The summed E-state index contributed by atoms with van der Waals surface area (Å²) in [4.78, 5) is 14.2. The van der Waals surface area contributed by atoms with Gasteiger partial charge in [0.05, 0.1) is 6.10 Å². The minimum absolute atomic E-state index is 0.0509. The van der Waals surface area contributed by atoms with Gasteiger partial charge >= 0.3 is 0 Å². The number of nitrogens with zero attached hydrogens (tertiary/aromatic N) is 1. The van der Waals surface area contributed by atoms with E-state index in [0.29, 0.717) is 13.2 Å². The molecule has 0 saturated carbocycles. The highest BCUT2D eigenvalue weighted by Gasteiger charge is 2.24. The SMILES string of the molecule is CCOC(CN)CCN1CCc2ccccc2C1=O. The summed E-state index contributed by atoms with van der Waals surface area (Å²) >= 11 is 0. The van der Waals surface area contributed by atoms with E-state index in [4.69, 9.17) is 10.5 Å². The molecule has 2 N–H and O–H groups in total. The average molecular weight is 262 g/mol. The van der Waals surface area contributed by atoms with Crippen molar-refractivity contribution in [2.75, 3.05) is 26.2 Å². The highest BCUT2D eigenvalue weighted by Crippen LogP contribution is 2.19. The molecule has 1 aromatic rings. The topological polar surface area (TPSA) is 55.6 Å². The van der Waals surface area contributed by atoms with E-state index in [2.05, 4.69) is 0 Å². The molecule has 2 rings (SSSR count). The first-order chi connectivity index (χ1) is 9.26. The maximum absolute atomic E-state index is 12.3. The highest BCUT2D eigenvalue weighted by molar-refractivity contribution is 5.96. The normalized spacial score (nSPS) is 16.3. The van der Waals surface area contributed by atoms with Crippen molar-refractivity contribution in [1.29, 1.82) is 0 Å². The third-order valence-corrected chi connectivity index (χ3v) is 3.57. The van der Waals surface area contributed by atoms with Crippen molar-refractivity contribution in [3.63, 3.8) is 0 Å². The van der Waals surface area contributed by atoms with Gasteiger partial charge in [-0.2, -0.15) is 0 Å². The first-order valence-corrected chi connectivity index (χ1v) is 6.95. The molecule has 1 aliphatic rings. The van der Waals surface area contributed by atoms with Crippen LogP contribution in [0.4, 0.5) is 0 Å². The zero-order chi connectivity index (χ0) is 13.7. The molecule has 1 unspecified atom stereocenters. The molecular formula is C15H22N2O2. The van der Waals surface area contributed by atoms with Gasteiger partial charge in [-0.1, -0.05) is 18.2 Å². The monoisotopic (exact) mass is 262 g/mol. The van der Waals surface area contributed by atoms with Gasteiger partial charge in [0.1, 0.15) is 0 Å². The van der Waals surface area contributed by atoms with E-state index in [9.17, 15) is 4.79 Å². The number of hydrogen-bond donors (Lipinski definition) is 1. The highest BCUT2D eigenvalue weighted by atomic mass is 16.5. The van der Waals surface area contributed by atoms with Crippen LogP contribution in [0.3, 0.4) is 0 Å². The van der Waals surface area contributed by atoms with Crippen molar-refractivity contribution < 1.29 is 9.53 Å². The van der Waals surface area contributed by atoms with Crippen LogP contribution in [-0.2, 0) is 11.2 Å². The summed E-state index contributed by atoms with van der Waals surface area (Å²) in [5, 5.41) is 0. The van der Waals surface area contributed by atoms with Crippen molar-refractivity contribution in [3.05, 3.63) is 35.4 Å². The summed E-state index contributed by atoms with van der Waals surface area (Å²) in [6.07, 6.45) is 1.79. The molecule has 1 heterocycles. The molecule has 104 valence electrons. The lowest BCUT2D eigenvalue weighted by Crippen LogP contribution is -2.40. The number of carbonyl (C=O) groups excluding carboxylic acids is 1. The number of carbonyl (C=O) groups is 1. The maximum atomic E-state index is 12.3.